The quantitative estimate of drug-likeness (QED) is 0.193. The molecule has 8 aromatic rings. The zero-order valence-electron chi connectivity index (χ0n) is 27.9. The van der Waals surface area contributed by atoms with Crippen molar-refractivity contribution in [3.63, 3.8) is 0 Å². The van der Waals surface area contributed by atoms with Crippen LogP contribution in [0.1, 0.15) is 47.2 Å². The molecule has 0 saturated heterocycles. The van der Waals surface area contributed by atoms with Gasteiger partial charge in [-0.05, 0) is 61.3 Å². The average Bonchev–Trinajstić information content (AvgIpc) is 3.48. The SMILES string of the molecule is CC1(C)c2ccccc2C2(c3ccccc3-c3ccccc32)c2ccc(-c3nc(-c4ccccc4)nc(-c4cccc5ccccc45)n3)cc21. The van der Waals surface area contributed by atoms with E-state index in [9.17, 15) is 0 Å². The van der Waals surface area contributed by atoms with Gasteiger partial charge in [0.1, 0.15) is 0 Å². The van der Waals surface area contributed by atoms with E-state index in [0.29, 0.717) is 17.5 Å². The van der Waals surface area contributed by atoms with Gasteiger partial charge < -0.3 is 0 Å². The molecule has 0 bridgehead atoms. The van der Waals surface area contributed by atoms with Crippen LogP contribution in [-0.2, 0) is 10.8 Å². The number of benzene rings is 7. The normalized spacial score (nSPS) is 14.5. The Balaban J connectivity index is 1.25. The molecule has 0 N–H and O–H groups in total. The van der Waals surface area contributed by atoms with Crippen molar-refractivity contribution in [2.75, 3.05) is 0 Å². The van der Waals surface area contributed by atoms with Crippen LogP contribution in [0.5, 0.6) is 0 Å². The Morgan fingerprint density at radius 1 is 0.360 bits per heavy atom. The van der Waals surface area contributed by atoms with Crippen LogP contribution < -0.4 is 0 Å². The molecule has 0 radical (unpaired) electrons. The lowest BCUT2D eigenvalue weighted by Gasteiger charge is -2.46. The second kappa shape index (κ2) is 10.7. The summed E-state index contributed by atoms with van der Waals surface area (Å²) in [5.74, 6) is 2.00. The van der Waals surface area contributed by atoms with E-state index in [4.69, 9.17) is 15.0 Å². The van der Waals surface area contributed by atoms with Gasteiger partial charge in [-0.3, -0.25) is 0 Å². The molecule has 3 heteroatoms. The fraction of sp³-hybridized carbons (Fsp3) is 0.0851. The number of fused-ring (bicyclic) bond motifs is 10. The Morgan fingerprint density at radius 3 is 1.62 bits per heavy atom. The van der Waals surface area contributed by atoms with Crippen LogP contribution in [0.15, 0.2) is 164 Å². The van der Waals surface area contributed by atoms with Crippen molar-refractivity contribution >= 4 is 10.8 Å². The predicted octanol–water partition coefficient (Wildman–Crippen LogP) is 11.0. The molecular weight excluding hydrogens is 607 g/mol. The van der Waals surface area contributed by atoms with Crippen molar-refractivity contribution < 1.29 is 0 Å². The van der Waals surface area contributed by atoms with Gasteiger partial charge in [-0.2, -0.15) is 0 Å². The van der Waals surface area contributed by atoms with Crippen molar-refractivity contribution in [3.05, 3.63) is 197 Å². The highest BCUT2D eigenvalue weighted by Crippen LogP contribution is 2.62. The summed E-state index contributed by atoms with van der Waals surface area (Å²) in [4.78, 5) is 15.5. The Kier molecular flexibility index (Phi) is 6.13. The van der Waals surface area contributed by atoms with Crippen LogP contribution in [-0.4, -0.2) is 15.0 Å². The molecule has 236 valence electrons. The highest BCUT2D eigenvalue weighted by Gasteiger charge is 2.53. The van der Waals surface area contributed by atoms with Gasteiger partial charge in [-0.25, -0.2) is 15.0 Å². The largest absolute Gasteiger partial charge is 0.208 e. The van der Waals surface area contributed by atoms with Crippen molar-refractivity contribution in [2.45, 2.75) is 24.7 Å². The molecule has 2 aliphatic carbocycles. The summed E-state index contributed by atoms with van der Waals surface area (Å²) < 4.78 is 0. The van der Waals surface area contributed by atoms with Gasteiger partial charge in [0.15, 0.2) is 17.5 Å². The molecule has 0 unspecified atom stereocenters. The zero-order chi connectivity index (χ0) is 33.5. The third kappa shape index (κ3) is 3.95. The maximum Gasteiger partial charge on any atom is 0.164 e. The van der Waals surface area contributed by atoms with Crippen molar-refractivity contribution in [1.29, 1.82) is 0 Å². The summed E-state index contributed by atoms with van der Waals surface area (Å²) in [6.07, 6.45) is 0. The molecule has 3 nitrogen and oxygen atoms in total. The van der Waals surface area contributed by atoms with Crippen LogP contribution in [0.2, 0.25) is 0 Å². The van der Waals surface area contributed by atoms with E-state index in [1.807, 2.05) is 18.2 Å². The van der Waals surface area contributed by atoms with E-state index in [1.165, 1.54) is 44.5 Å². The Morgan fingerprint density at radius 2 is 0.880 bits per heavy atom. The predicted molar refractivity (Wildman–Crippen MR) is 203 cm³/mol. The standard InChI is InChI=1S/C47H33N3/c1-46(2)39-25-12-13-26-40(39)47(37-23-10-8-20-34(37)35-21-9-11-24-38(35)47)41-28-27-32(29-42(41)46)44-48-43(31-16-4-3-5-17-31)49-45(50-44)36-22-14-18-30-15-6-7-19-33(30)36/h3-29H,1-2H3. The number of aromatic nitrogens is 3. The van der Waals surface area contributed by atoms with Gasteiger partial charge in [0.2, 0.25) is 0 Å². The van der Waals surface area contributed by atoms with E-state index in [1.54, 1.807) is 0 Å². The summed E-state index contributed by atoms with van der Waals surface area (Å²) in [6, 6.07) is 58.9. The smallest absolute Gasteiger partial charge is 0.164 e. The molecule has 50 heavy (non-hydrogen) atoms. The average molecular weight is 640 g/mol. The molecule has 2 aliphatic rings. The number of rotatable bonds is 3. The number of hydrogen-bond donors (Lipinski definition) is 0. The van der Waals surface area contributed by atoms with Gasteiger partial charge >= 0.3 is 0 Å². The Hall–Kier alpha value is -6.19. The van der Waals surface area contributed by atoms with Gasteiger partial charge in [0, 0.05) is 22.1 Å². The Bertz CT molecular complexity index is 2590. The first-order valence-corrected chi connectivity index (χ1v) is 17.3. The van der Waals surface area contributed by atoms with E-state index in [-0.39, 0.29) is 5.41 Å². The second-order valence-corrected chi connectivity index (χ2v) is 14.0. The molecule has 0 aliphatic heterocycles. The third-order valence-corrected chi connectivity index (χ3v) is 11.0. The lowest BCUT2D eigenvalue weighted by atomic mass is 9.55. The van der Waals surface area contributed by atoms with Crippen LogP contribution in [0.4, 0.5) is 0 Å². The zero-order valence-corrected chi connectivity index (χ0v) is 27.9. The maximum absolute atomic E-state index is 5.23. The van der Waals surface area contributed by atoms with E-state index < -0.39 is 5.41 Å². The van der Waals surface area contributed by atoms with Gasteiger partial charge in [-0.15, -0.1) is 0 Å². The first-order chi connectivity index (χ1) is 24.5. The molecule has 1 aromatic heterocycles. The molecule has 0 amide bonds. The summed E-state index contributed by atoms with van der Waals surface area (Å²) >= 11 is 0. The highest BCUT2D eigenvalue weighted by atomic mass is 15.0. The second-order valence-electron chi connectivity index (χ2n) is 14.0. The van der Waals surface area contributed by atoms with Crippen molar-refractivity contribution in [2.24, 2.45) is 0 Å². The molecule has 0 fully saturated rings. The van der Waals surface area contributed by atoms with Gasteiger partial charge in [0.25, 0.3) is 0 Å². The Labute approximate surface area is 292 Å². The molecule has 0 saturated carbocycles. The minimum atomic E-state index is -0.435. The van der Waals surface area contributed by atoms with E-state index in [2.05, 4.69) is 159 Å². The van der Waals surface area contributed by atoms with Crippen LogP contribution in [0, 0.1) is 0 Å². The summed E-state index contributed by atoms with van der Waals surface area (Å²) in [7, 11) is 0. The van der Waals surface area contributed by atoms with Crippen molar-refractivity contribution in [3.8, 4) is 45.3 Å². The molecule has 1 spiro atoms. The van der Waals surface area contributed by atoms with Gasteiger partial charge in [-0.1, -0.05) is 172 Å². The maximum atomic E-state index is 5.23. The molecule has 10 rings (SSSR count). The van der Waals surface area contributed by atoms with Crippen LogP contribution in [0.3, 0.4) is 0 Å². The summed E-state index contributed by atoms with van der Waals surface area (Å²) in [6.45, 7) is 4.72. The topological polar surface area (TPSA) is 38.7 Å². The van der Waals surface area contributed by atoms with Gasteiger partial charge in [0.05, 0.1) is 5.41 Å². The monoisotopic (exact) mass is 639 g/mol. The van der Waals surface area contributed by atoms with E-state index >= 15 is 0 Å². The van der Waals surface area contributed by atoms with Crippen molar-refractivity contribution in [1.82, 2.24) is 15.0 Å². The fourth-order valence-electron chi connectivity index (χ4n) is 8.75. The molecule has 1 heterocycles. The highest BCUT2D eigenvalue weighted by molar-refractivity contribution is 5.95. The minimum absolute atomic E-state index is 0.270. The van der Waals surface area contributed by atoms with Crippen LogP contribution in [0.25, 0.3) is 56.1 Å². The molecule has 0 atom stereocenters. The third-order valence-electron chi connectivity index (χ3n) is 11.0. The number of nitrogens with zero attached hydrogens (tertiary/aromatic N) is 3. The molecular formula is C47H33N3. The van der Waals surface area contributed by atoms with Crippen LogP contribution >= 0.6 is 0 Å². The van der Waals surface area contributed by atoms with E-state index in [0.717, 1.165) is 27.5 Å². The first kappa shape index (κ1) is 28.8. The minimum Gasteiger partial charge on any atom is -0.208 e. The first-order valence-electron chi connectivity index (χ1n) is 17.3. The lowest BCUT2D eigenvalue weighted by molar-refractivity contribution is 0.563. The summed E-state index contributed by atoms with van der Waals surface area (Å²) in [5.41, 5.74) is 12.8. The molecule has 7 aromatic carbocycles. The lowest BCUT2D eigenvalue weighted by Crippen LogP contribution is -2.40. The fourth-order valence-corrected chi connectivity index (χ4v) is 8.75. The summed E-state index contributed by atoms with van der Waals surface area (Å²) in [5, 5.41) is 2.28. The number of hydrogen-bond acceptors (Lipinski definition) is 3.